The van der Waals surface area contributed by atoms with E-state index in [1.807, 2.05) is 0 Å². The molecular weight excluding hydrogens is 322 g/mol. The number of rotatable bonds is 5. The molecule has 0 spiro atoms. The zero-order valence-corrected chi connectivity index (χ0v) is 13.8. The summed E-state index contributed by atoms with van der Waals surface area (Å²) in [6.07, 6.45) is 5.90. The van der Waals surface area contributed by atoms with Crippen molar-refractivity contribution in [2.24, 2.45) is 5.92 Å². The number of carboxylic acid groups (broad SMARTS) is 1. The Morgan fingerprint density at radius 3 is 2.56 bits per heavy atom. The summed E-state index contributed by atoms with van der Waals surface area (Å²) in [4.78, 5) is 38.8. The Hall–Kier alpha value is -2.57. The number of aromatic nitrogens is 2. The molecule has 7 nitrogen and oxygen atoms in total. The first-order chi connectivity index (χ1) is 12.0. The Kier molecular flexibility index (Phi) is 3.86. The number of carbonyl (C=O) groups excluding carboxylic acids is 1. The van der Waals surface area contributed by atoms with Gasteiger partial charge < -0.3 is 15.4 Å². The lowest BCUT2D eigenvalue weighted by atomic mass is 10.1. The largest absolute Gasteiger partial charge is 0.480 e. The summed E-state index contributed by atoms with van der Waals surface area (Å²) in [5.74, 6) is -1.40. The third-order valence-corrected chi connectivity index (χ3v) is 5.31. The average molecular weight is 343 g/mol. The molecule has 2 aromatic rings. The molecule has 0 radical (unpaired) electrons. The van der Waals surface area contributed by atoms with Gasteiger partial charge in [-0.05, 0) is 49.8 Å². The third-order valence-electron chi connectivity index (χ3n) is 5.31. The normalized spacial score (nSPS) is 19.2. The number of aliphatic carboxylic acids is 1. The number of imidazole rings is 1. The lowest BCUT2D eigenvalue weighted by molar-refractivity contribution is -0.139. The van der Waals surface area contributed by atoms with Crippen LogP contribution in [-0.4, -0.2) is 32.6 Å². The minimum absolute atomic E-state index is 0.0217. The third kappa shape index (κ3) is 2.94. The summed E-state index contributed by atoms with van der Waals surface area (Å²) < 4.78 is 1.79. The molecule has 4 rings (SSSR count). The molecule has 1 atom stereocenters. The van der Waals surface area contributed by atoms with Crippen molar-refractivity contribution in [3.8, 4) is 0 Å². The highest BCUT2D eigenvalue weighted by atomic mass is 16.4. The second-order valence-corrected chi connectivity index (χ2v) is 7.10. The van der Waals surface area contributed by atoms with E-state index in [2.05, 4.69) is 10.3 Å². The highest BCUT2D eigenvalue weighted by Crippen LogP contribution is 2.33. The summed E-state index contributed by atoms with van der Waals surface area (Å²) in [5, 5.41) is 11.8. The number of aromatic amines is 1. The van der Waals surface area contributed by atoms with Crippen LogP contribution in [0.15, 0.2) is 23.0 Å². The van der Waals surface area contributed by atoms with Gasteiger partial charge in [-0.15, -0.1) is 0 Å². The maximum Gasteiger partial charge on any atom is 0.326 e. The first-order valence-electron chi connectivity index (χ1n) is 8.82. The molecule has 2 fully saturated rings. The van der Waals surface area contributed by atoms with Gasteiger partial charge in [-0.2, -0.15) is 0 Å². The fourth-order valence-corrected chi connectivity index (χ4v) is 3.83. The number of fused-ring (bicyclic) bond motifs is 1. The van der Waals surface area contributed by atoms with Crippen LogP contribution >= 0.6 is 0 Å². The minimum Gasteiger partial charge on any atom is -0.480 e. The van der Waals surface area contributed by atoms with E-state index in [1.165, 1.54) is 0 Å². The second kappa shape index (κ2) is 6.06. The Balaban J connectivity index is 1.62. The molecule has 0 bridgehead atoms. The quantitative estimate of drug-likeness (QED) is 0.772. The number of carboxylic acids is 1. The molecule has 1 aromatic heterocycles. The fourth-order valence-electron chi connectivity index (χ4n) is 3.83. The highest BCUT2D eigenvalue weighted by molar-refractivity contribution is 5.99. The molecule has 0 aliphatic heterocycles. The lowest BCUT2D eigenvalue weighted by Crippen LogP contribution is -2.42. The molecule has 2 aliphatic rings. The molecule has 2 saturated carbocycles. The van der Waals surface area contributed by atoms with Crippen molar-refractivity contribution in [3.05, 3.63) is 34.2 Å². The van der Waals surface area contributed by atoms with Crippen molar-refractivity contribution in [1.29, 1.82) is 0 Å². The Morgan fingerprint density at radius 2 is 1.92 bits per heavy atom. The van der Waals surface area contributed by atoms with Crippen LogP contribution < -0.4 is 11.0 Å². The molecule has 25 heavy (non-hydrogen) atoms. The van der Waals surface area contributed by atoms with Crippen molar-refractivity contribution >= 4 is 22.9 Å². The summed E-state index contributed by atoms with van der Waals surface area (Å²) in [5.41, 5.74) is 1.62. The van der Waals surface area contributed by atoms with E-state index in [-0.39, 0.29) is 17.6 Å². The van der Waals surface area contributed by atoms with E-state index in [1.54, 1.807) is 22.8 Å². The van der Waals surface area contributed by atoms with Crippen LogP contribution in [0.5, 0.6) is 0 Å². The van der Waals surface area contributed by atoms with Gasteiger partial charge in [-0.25, -0.2) is 9.59 Å². The van der Waals surface area contributed by atoms with E-state index in [4.69, 9.17) is 0 Å². The lowest BCUT2D eigenvalue weighted by Gasteiger charge is -2.14. The smallest absolute Gasteiger partial charge is 0.326 e. The Labute approximate surface area is 144 Å². The van der Waals surface area contributed by atoms with E-state index in [0.717, 1.165) is 44.0 Å². The van der Waals surface area contributed by atoms with Gasteiger partial charge in [-0.1, -0.05) is 12.8 Å². The molecule has 132 valence electrons. The molecule has 1 aromatic carbocycles. The number of amides is 1. The van der Waals surface area contributed by atoms with Gasteiger partial charge in [-0.3, -0.25) is 9.36 Å². The van der Waals surface area contributed by atoms with E-state index in [0.29, 0.717) is 11.1 Å². The standard InChI is InChI=1S/C18H21N3O4/c22-16(20-15(17(23)24)10-5-6-10)11-7-8-14-13(9-11)19-18(25)21(14)12-3-1-2-4-12/h7-10,12,15H,1-6H2,(H,19,25)(H,20,22)(H,23,24). The Morgan fingerprint density at radius 1 is 1.20 bits per heavy atom. The van der Waals surface area contributed by atoms with Gasteiger partial charge in [0.05, 0.1) is 11.0 Å². The van der Waals surface area contributed by atoms with Crippen molar-refractivity contribution in [1.82, 2.24) is 14.9 Å². The van der Waals surface area contributed by atoms with Crippen LogP contribution in [0.1, 0.15) is 54.9 Å². The van der Waals surface area contributed by atoms with Crippen LogP contribution in [0.2, 0.25) is 0 Å². The summed E-state index contributed by atoms with van der Waals surface area (Å²) >= 11 is 0. The molecule has 1 unspecified atom stereocenters. The first-order valence-corrected chi connectivity index (χ1v) is 8.82. The predicted molar refractivity (Wildman–Crippen MR) is 91.7 cm³/mol. The molecular formula is C18H21N3O4. The SMILES string of the molecule is O=C(NC(C(=O)O)C1CC1)c1ccc2c(c1)[nH]c(=O)n2C1CCCC1. The monoisotopic (exact) mass is 343 g/mol. The number of H-pyrrole nitrogens is 1. The zero-order valence-electron chi connectivity index (χ0n) is 13.8. The topological polar surface area (TPSA) is 104 Å². The number of carbonyl (C=O) groups is 2. The fraction of sp³-hybridized carbons (Fsp3) is 0.500. The van der Waals surface area contributed by atoms with Crippen LogP contribution in [0.25, 0.3) is 11.0 Å². The average Bonchev–Trinajstić information content (AvgIpc) is 3.16. The molecule has 7 heteroatoms. The van der Waals surface area contributed by atoms with Crippen molar-refractivity contribution in [2.45, 2.75) is 50.6 Å². The van der Waals surface area contributed by atoms with Gasteiger partial charge >= 0.3 is 11.7 Å². The van der Waals surface area contributed by atoms with E-state index < -0.39 is 17.9 Å². The molecule has 0 saturated heterocycles. The number of hydrogen-bond donors (Lipinski definition) is 3. The van der Waals surface area contributed by atoms with Crippen molar-refractivity contribution in [2.75, 3.05) is 0 Å². The number of nitrogens with one attached hydrogen (secondary N) is 2. The maximum atomic E-state index is 12.4. The van der Waals surface area contributed by atoms with Crippen LogP contribution in [-0.2, 0) is 4.79 Å². The van der Waals surface area contributed by atoms with Crippen molar-refractivity contribution in [3.63, 3.8) is 0 Å². The van der Waals surface area contributed by atoms with Crippen LogP contribution in [0, 0.1) is 5.92 Å². The van der Waals surface area contributed by atoms with Crippen molar-refractivity contribution < 1.29 is 14.7 Å². The molecule has 3 N–H and O–H groups in total. The number of hydrogen-bond acceptors (Lipinski definition) is 3. The highest BCUT2D eigenvalue weighted by Gasteiger charge is 2.37. The predicted octanol–water partition coefficient (Wildman–Crippen LogP) is 2.04. The summed E-state index contributed by atoms with van der Waals surface area (Å²) in [6, 6.07) is 4.43. The minimum atomic E-state index is -1.00. The van der Waals surface area contributed by atoms with Gasteiger partial charge in [0, 0.05) is 11.6 Å². The Bertz CT molecular complexity index is 887. The van der Waals surface area contributed by atoms with Gasteiger partial charge in [0.2, 0.25) is 0 Å². The number of benzene rings is 1. The van der Waals surface area contributed by atoms with E-state index >= 15 is 0 Å². The second-order valence-electron chi connectivity index (χ2n) is 7.10. The summed E-state index contributed by atoms with van der Waals surface area (Å²) in [6.45, 7) is 0. The maximum absolute atomic E-state index is 12.4. The summed E-state index contributed by atoms with van der Waals surface area (Å²) in [7, 11) is 0. The molecule has 1 amide bonds. The van der Waals surface area contributed by atoms with Gasteiger partial charge in [0.1, 0.15) is 6.04 Å². The van der Waals surface area contributed by atoms with Gasteiger partial charge in [0.15, 0.2) is 0 Å². The first kappa shape index (κ1) is 15.9. The zero-order chi connectivity index (χ0) is 17.6. The van der Waals surface area contributed by atoms with Crippen LogP contribution in [0.3, 0.4) is 0 Å². The number of nitrogens with zero attached hydrogens (tertiary/aromatic N) is 1. The van der Waals surface area contributed by atoms with E-state index in [9.17, 15) is 19.5 Å². The van der Waals surface area contributed by atoms with Crippen LogP contribution in [0.4, 0.5) is 0 Å². The molecule has 1 heterocycles. The molecule has 2 aliphatic carbocycles. The van der Waals surface area contributed by atoms with Gasteiger partial charge in [0.25, 0.3) is 5.91 Å².